The SMILES string of the molecule is CCCCc1ccc(NC(=O)c2ccc(Nc3ccc(-c4cccc(C)c4)nn3)cc2)cc1. The van der Waals surface area contributed by atoms with Crippen LogP contribution >= 0.6 is 0 Å². The quantitative estimate of drug-likeness (QED) is 0.319. The molecule has 0 aliphatic heterocycles. The monoisotopic (exact) mass is 436 g/mol. The van der Waals surface area contributed by atoms with Crippen molar-refractivity contribution in [2.45, 2.75) is 33.1 Å². The Bertz CT molecular complexity index is 1200. The number of benzene rings is 3. The fraction of sp³-hybridized carbons (Fsp3) is 0.179. The summed E-state index contributed by atoms with van der Waals surface area (Å²) in [5, 5.41) is 14.8. The number of anilines is 3. The molecule has 0 radical (unpaired) electrons. The zero-order valence-corrected chi connectivity index (χ0v) is 19.0. The van der Waals surface area contributed by atoms with Gasteiger partial charge in [-0.2, -0.15) is 0 Å². The Morgan fingerprint density at radius 2 is 1.61 bits per heavy atom. The fourth-order valence-electron chi connectivity index (χ4n) is 3.55. The first kappa shape index (κ1) is 22.2. The second kappa shape index (κ2) is 10.6. The van der Waals surface area contributed by atoms with Crippen LogP contribution in [-0.2, 0) is 6.42 Å². The summed E-state index contributed by atoms with van der Waals surface area (Å²) in [6.07, 6.45) is 3.42. The van der Waals surface area contributed by atoms with Gasteiger partial charge in [-0.25, -0.2) is 0 Å². The molecule has 0 aliphatic rings. The molecule has 0 atom stereocenters. The lowest BCUT2D eigenvalue weighted by Gasteiger charge is -2.09. The first-order valence-electron chi connectivity index (χ1n) is 11.3. The predicted molar refractivity (Wildman–Crippen MR) is 135 cm³/mol. The molecule has 1 amide bonds. The van der Waals surface area contributed by atoms with E-state index in [9.17, 15) is 4.79 Å². The van der Waals surface area contributed by atoms with Crippen molar-refractivity contribution >= 4 is 23.1 Å². The van der Waals surface area contributed by atoms with Gasteiger partial charge in [0.1, 0.15) is 0 Å². The van der Waals surface area contributed by atoms with Gasteiger partial charge in [0.05, 0.1) is 5.69 Å². The molecule has 5 nitrogen and oxygen atoms in total. The van der Waals surface area contributed by atoms with Gasteiger partial charge in [-0.05, 0) is 79.9 Å². The van der Waals surface area contributed by atoms with E-state index in [-0.39, 0.29) is 5.91 Å². The second-order valence-electron chi connectivity index (χ2n) is 8.13. The van der Waals surface area contributed by atoms with Crippen LogP contribution in [-0.4, -0.2) is 16.1 Å². The maximum absolute atomic E-state index is 12.6. The molecular formula is C28H28N4O. The Morgan fingerprint density at radius 3 is 2.27 bits per heavy atom. The summed E-state index contributed by atoms with van der Waals surface area (Å²) in [6, 6.07) is 27.4. The molecule has 2 N–H and O–H groups in total. The Labute approximate surface area is 194 Å². The molecule has 0 fully saturated rings. The van der Waals surface area contributed by atoms with E-state index in [1.807, 2.05) is 48.5 Å². The summed E-state index contributed by atoms with van der Waals surface area (Å²) < 4.78 is 0. The van der Waals surface area contributed by atoms with Gasteiger partial charge >= 0.3 is 0 Å². The number of nitrogens with one attached hydrogen (secondary N) is 2. The number of aromatic nitrogens is 2. The summed E-state index contributed by atoms with van der Waals surface area (Å²) >= 11 is 0. The van der Waals surface area contributed by atoms with Crippen LogP contribution in [0.3, 0.4) is 0 Å². The molecule has 4 rings (SSSR count). The lowest BCUT2D eigenvalue weighted by atomic mass is 10.1. The standard InChI is InChI=1S/C28H28N4O/c1-3-4-7-21-9-13-25(14-10-21)30-28(33)22-11-15-24(16-12-22)29-27-18-17-26(31-32-27)23-8-5-6-20(2)19-23/h5-6,8-19H,3-4,7H2,1-2H3,(H,29,32)(H,30,33). The van der Waals surface area contributed by atoms with Crippen LogP contribution < -0.4 is 10.6 Å². The number of carbonyl (C=O) groups excluding carboxylic acids is 1. The molecule has 3 aromatic carbocycles. The van der Waals surface area contributed by atoms with Crippen molar-refractivity contribution < 1.29 is 4.79 Å². The van der Waals surface area contributed by atoms with Crippen LogP contribution in [0, 0.1) is 6.92 Å². The van der Waals surface area contributed by atoms with Crippen LogP contribution in [0.5, 0.6) is 0 Å². The Morgan fingerprint density at radius 1 is 0.848 bits per heavy atom. The van der Waals surface area contributed by atoms with Crippen molar-refractivity contribution in [1.29, 1.82) is 0 Å². The number of aryl methyl sites for hydroxylation is 2. The van der Waals surface area contributed by atoms with Crippen molar-refractivity contribution in [1.82, 2.24) is 10.2 Å². The fourth-order valence-corrected chi connectivity index (χ4v) is 3.55. The van der Waals surface area contributed by atoms with Gasteiger partial charge in [0.25, 0.3) is 5.91 Å². The number of unbranched alkanes of at least 4 members (excludes halogenated alkanes) is 1. The van der Waals surface area contributed by atoms with E-state index in [1.165, 1.54) is 24.0 Å². The Kier molecular flexibility index (Phi) is 7.10. The van der Waals surface area contributed by atoms with E-state index in [0.717, 1.165) is 29.1 Å². The average Bonchev–Trinajstić information content (AvgIpc) is 2.84. The van der Waals surface area contributed by atoms with Crippen LogP contribution in [0.1, 0.15) is 41.3 Å². The third-order valence-corrected chi connectivity index (χ3v) is 5.43. The van der Waals surface area contributed by atoms with Crippen molar-refractivity contribution in [3.05, 3.63) is 102 Å². The number of hydrogen-bond donors (Lipinski definition) is 2. The highest BCUT2D eigenvalue weighted by Crippen LogP contribution is 2.21. The summed E-state index contributed by atoms with van der Waals surface area (Å²) in [4.78, 5) is 12.6. The minimum absolute atomic E-state index is 0.134. The van der Waals surface area contributed by atoms with E-state index in [4.69, 9.17) is 0 Å². The van der Waals surface area contributed by atoms with Crippen molar-refractivity contribution in [2.75, 3.05) is 10.6 Å². The molecule has 1 heterocycles. The molecule has 0 unspecified atom stereocenters. The Hall–Kier alpha value is -3.99. The molecule has 166 valence electrons. The molecule has 4 aromatic rings. The first-order valence-corrected chi connectivity index (χ1v) is 11.3. The molecule has 5 heteroatoms. The topological polar surface area (TPSA) is 66.9 Å². The molecule has 33 heavy (non-hydrogen) atoms. The van der Waals surface area contributed by atoms with Crippen LogP contribution in [0.15, 0.2) is 84.9 Å². The highest BCUT2D eigenvalue weighted by atomic mass is 16.1. The first-order chi connectivity index (χ1) is 16.1. The van der Waals surface area contributed by atoms with Gasteiger partial charge in [0, 0.05) is 22.5 Å². The zero-order chi connectivity index (χ0) is 23.0. The van der Waals surface area contributed by atoms with Gasteiger partial charge in [-0.1, -0.05) is 49.2 Å². The number of nitrogens with zero attached hydrogens (tertiary/aromatic N) is 2. The number of rotatable bonds is 8. The summed E-state index contributed by atoms with van der Waals surface area (Å²) in [5.41, 5.74) is 6.58. The molecule has 1 aromatic heterocycles. The van der Waals surface area contributed by atoms with Gasteiger partial charge in [0.2, 0.25) is 0 Å². The van der Waals surface area contributed by atoms with E-state index >= 15 is 0 Å². The summed E-state index contributed by atoms with van der Waals surface area (Å²) in [7, 11) is 0. The molecule has 0 spiro atoms. The zero-order valence-electron chi connectivity index (χ0n) is 19.0. The second-order valence-corrected chi connectivity index (χ2v) is 8.13. The number of hydrogen-bond acceptors (Lipinski definition) is 4. The summed E-state index contributed by atoms with van der Waals surface area (Å²) in [6.45, 7) is 4.24. The number of carbonyl (C=O) groups is 1. The van der Waals surface area contributed by atoms with E-state index < -0.39 is 0 Å². The van der Waals surface area contributed by atoms with Gasteiger partial charge in [0.15, 0.2) is 5.82 Å². The van der Waals surface area contributed by atoms with E-state index in [1.54, 1.807) is 12.1 Å². The smallest absolute Gasteiger partial charge is 0.255 e. The van der Waals surface area contributed by atoms with Crippen molar-refractivity contribution in [3.63, 3.8) is 0 Å². The lowest BCUT2D eigenvalue weighted by Crippen LogP contribution is -2.11. The van der Waals surface area contributed by atoms with Crippen molar-refractivity contribution in [3.8, 4) is 11.3 Å². The van der Waals surface area contributed by atoms with Gasteiger partial charge in [-0.15, -0.1) is 10.2 Å². The van der Waals surface area contributed by atoms with Crippen LogP contribution in [0.2, 0.25) is 0 Å². The highest BCUT2D eigenvalue weighted by molar-refractivity contribution is 6.04. The van der Waals surface area contributed by atoms with Crippen LogP contribution in [0.25, 0.3) is 11.3 Å². The predicted octanol–water partition coefficient (Wildman–Crippen LogP) is 6.79. The minimum Gasteiger partial charge on any atom is -0.339 e. The normalized spacial score (nSPS) is 10.6. The van der Waals surface area contributed by atoms with E-state index in [0.29, 0.717) is 11.4 Å². The van der Waals surface area contributed by atoms with Gasteiger partial charge < -0.3 is 10.6 Å². The largest absolute Gasteiger partial charge is 0.339 e. The third kappa shape index (κ3) is 6.04. The Balaban J connectivity index is 1.35. The van der Waals surface area contributed by atoms with E-state index in [2.05, 4.69) is 58.9 Å². The van der Waals surface area contributed by atoms with Crippen LogP contribution in [0.4, 0.5) is 17.2 Å². The third-order valence-electron chi connectivity index (χ3n) is 5.43. The maximum atomic E-state index is 12.6. The molecule has 0 aliphatic carbocycles. The molecule has 0 bridgehead atoms. The molecule has 0 saturated heterocycles. The average molecular weight is 437 g/mol. The summed E-state index contributed by atoms with van der Waals surface area (Å²) in [5.74, 6) is 0.511. The maximum Gasteiger partial charge on any atom is 0.255 e. The minimum atomic E-state index is -0.134. The number of amides is 1. The van der Waals surface area contributed by atoms with Gasteiger partial charge in [-0.3, -0.25) is 4.79 Å². The lowest BCUT2D eigenvalue weighted by molar-refractivity contribution is 0.102. The van der Waals surface area contributed by atoms with Crippen molar-refractivity contribution in [2.24, 2.45) is 0 Å². The molecule has 0 saturated carbocycles. The highest BCUT2D eigenvalue weighted by Gasteiger charge is 2.07. The molecular weight excluding hydrogens is 408 g/mol.